The number of rotatable bonds is 2. The van der Waals surface area contributed by atoms with Gasteiger partial charge in [-0.3, -0.25) is 10.0 Å². The third-order valence-corrected chi connectivity index (χ3v) is 1.23. The fourth-order valence-corrected chi connectivity index (χ4v) is 0.244. The summed E-state index contributed by atoms with van der Waals surface area (Å²) in [5.41, 5.74) is 6.08. The molecule has 0 aliphatic heterocycles. The van der Waals surface area contributed by atoms with Crippen LogP contribution >= 0.6 is 0 Å². The molecule has 0 spiro atoms. The van der Waals surface area contributed by atoms with Crippen molar-refractivity contribution in [3.05, 3.63) is 0 Å². The van der Waals surface area contributed by atoms with Gasteiger partial charge in [0.05, 0.1) is 5.41 Å². The summed E-state index contributed by atoms with van der Waals surface area (Å²) in [6.45, 7) is 3.52. The number of nitrogens with two attached hydrogens (primary N) is 1. The van der Waals surface area contributed by atoms with Gasteiger partial charge in [0.2, 0.25) is 5.91 Å². The third-order valence-electron chi connectivity index (χ3n) is 1.23. The fourth-order valence-electron chi connectivity index (χ4n) is 0.244. The van der Waals surface area contributed by atoms with E-state index in [1.807, 2.05) is 0 Å². The molecule has 0 aromatic heterocycles. The summed E-state index contributed by atoms with van der Waals surface area (Å²) < 4.78 is 0. The Morgan fingerprint density at radius 3 is 2.33 bits per heavy atom. The Labute approximate surface area is 54.0 Å². The second-order valence-electron chi connectivity index (χ2n) is 2.53. The van der Waals surface area contributed by atoms with Crippen molar-refractivity contribution in [3.63, 3.8) is 0 Å². The first kappa shape index (κ1) is 8.39. The van der Waals surface area contributed by atoms with Crippen LogP contribution in [0.2, 0.25) is 0 Å². The Hall–Kier alpha value is -0.610. The summed E-state index contributed by atoms with van der Waals surface area (Å²) in [5.74, 6) is -0.454. The van der Waals surface area contributed by atoms with Crippen molar-refractivity contribution in [2.75, 3.05) is 6.54 Å². The van der Waals surface area contributed by atoms with Crippen molar-refractivity contribution in [1.82, 2.24) is 5.48 Å². The summed E-state index contributed by atoms with van der Waals surface area (Å²) in [6.07, 6.45) is 0. The first-order valence-electron chi connectivity index (χ1n) is 2.69. The van der Waals surface area contributed by atoms with Gasteiger partial charge in [-0.1, -0.05) is 0 Å². The number of hydroxylamine groups is 1. The highest BCUT2D eigenvalue weighted by Gasteiger charge is 2.24. The summed E-state index contributed by atoms with van der Waals surface area (Å²) in [6, 6.07) is 0. The second kappa shape index (κ2) is 2.80. The Balaban J connectivity index is 3.97. The van der Waals surface area contributed by atoms with Crippen LogP contribution in [0, 0.1) is 5.41 Å². The maximum absolute atomic E-state index is 10.6. The van der Waals surface area contributed by atoms with Gasteiger partial charge >= 0.3 is 0 Å². The molecule has 0 aliphatic rings. The lowest BCUT2D eigenvalue weighted by atomic mass is 9.93. The molecular formula is C5H12N2O2. The lowest BCUT2D eigenvalue weighted by Crippen LogP contribution is -2.40. The average molecular weight is 132 g/mol. The lowest BCUT2D eigenvalue weighted by Gasteiger charge is -2.18. The van der Waals surface area contributed by atoms with E-state index in [0.29, 0.717) is 0 Å². The number of carbonyl (C=O) groups excluding carboxylic acids is 1. The van der Waals surface area contributed by atoms with Crippen LogP contribution in [0.5, 0.6) is 0 Å². The number of hydrogen-bond donors (Lipinski definition) is 3. The normalized spacial score (nSPS) is 11.1. The first-order chi connectivity index (χ1) is 4.04. The zero-order chi connectivity index (χ0) is 7.49. The van der Waals surface area contributed by atoms with Crippen molar-refractivity contribution in [2.45, 2.75) is 13.8 Å². The van der Waals surface area contributed by atoms with E-state index in [2.05, 4.69) is 0 Å². The fraction of sp³-hybridized carbons (Fsp3) is 0.800. The minimum atomic E-state index is -0.672. The van der Waals surface area contributed by atoms with Crippen molar-refractivity contribution in [3.8, 4) is 0 Å². The van der Waals surface area contributed by atoms with Gasteiger partial charge in [-0.05, 0) is 13.8 Å². The molecule has 0 saturated heterocycles. The highest BCUT2D eigenvalue weighted by molar-refractivity contribution is 5.80. The van der Waals surface area contributed by atoms with Gasteiger partial charge in [-0.25, -0.2) is 5.48 Å². The lowest BCUT2D eigenvalue weighted by molar-refractivity contribution is -0.137. The molecule has 0 heterocycles. The molecule has 0 atom stereocenters. The SMILES string of the molecule is CC(C)(CN)C(=O)NO. The van der Waals surface area contributed by atoms with E-state index in [4.69, 9.17) is 10.9 Å². The number of nitrogens with one attached hydrogen (secondary N) is 1. The predicted octanol–water partition coefficient (Wildman–Crippen LogP) is -0.523. The van der Waals surface area contributed by atoms with Crippen molar-refractivity contribution >= 4 is 5.91 Å². The van der Waals surface area contributed by atoms with Crippen LogP contribution in [0.25, 0.3) is 0 Å². The molecule has 0 radical (unpaired) electrons. The van der Waals surface area contributed by atoms with Gasteiger partial charge in [0, 0.05) is 6.54 Å². The zero-order valence-corrected chi connectivity index (χ0v) is 5.64. The highest BCUT2D eigenvalue weighted by atomic mass is 16.5. The predicted molar refractivity (Wildman–Crippen MR) is 32.8 cm³/mol. The minimum absolute atomic E-state index is 0.222. The number of hydrogen-bond acceptors (Lipinski definition) is 3. The highest BCUT2D eigenvalue weighted by Crippen LogP contribution is 2.10. The summed E-state index contributed by atoms with van der Waals surface area (Å²) in [4.78, 5) is 10.6. The van der Waals surface area contributed by atoms with Crippen LogP contribution in [0.1, 0.15) is 13.8 Å². The molecule has 4 N–H and O–H groups in total. The Morgan fingerprint density at radius 2 is 2.22 bits per heavy atom. The van der Waals surface area contributed by atoms with Crippen molar-refractivity contribution in [2.24, 2.45) is 11.1 Å². The van der Waals surface area contributed by atoms with Gasteiger partial charge in [0.25, 0.3) is 0 Å². The van der Waals surface area contributed by atoms with Crippen LogP contribution in [-0.2, 0) is 4.79 Å². The van der Waals surface area contributed by atoms with Gasteiger partial charge in [0.1, 0.15) is 0 Å². The molecule has 0 bridgehead atoms. The Kier molecular flexibility index (Phi) is 2.61. The van der Waals surface area contributed by atoms with Gasteiger partial charge in [0.15, 0.2) is 0 Å². The minimum Gasteiger partial charge on any atom is -0.329 e. The summed E-state index contributed by atoms with van der Waals surface area (Å²) in [5, 5.41) is 8.15. The van der Waals surface area contributed by atoms with E-state index in [1.165, 1.54) is 5.48 Å². The topological polar surface area (TPSA) is 75.4 Å². The largest absolute Gasteiger partial charge is 0.329 e. The molecule has 0 fully saturated rings. The average Bonchev–Trinajstić information content (AvgIpc) is 1.86. The smallest absolute Gasteiger partial charge is 0.250 e. The van der Waals surface area contributed by atoms with E-state index < -0.39 is 11.3 Å². The van der Waals surface area contributed by atoms with E-state index >= 15 is 0 Å². The van der Waals surface area contributed by atoms with E-state index in [-0.39, 0.29) is 6.54 Å². The molecule has 1 amide bonds. The maximum Gasteiger partial charge on any atom is 0.250 e. The maximum atomic E-state index is 10.6. The van der Waals surface area contributed by atoms with Gasteiger partial charge in [-0.2, -0.15) is 0 Å². The van der Waals surface area contributed by atoms with Crippen LogP contribution in [0.3, 0.4) is 0 Å². The van der Waals surface area contributed by atoms with Crippen LogP contribution < -0.4 is 11.2 Å². The molecule has 0 saturated carbocycles. The molecule has 0 unspecified atom stereocenters. The van der Waals surface area contributed by atoms with Gasteiger partial charge < -0.3 is 5.73 Å². The second-order valence-corrected chi connectivity index (χ2v) is 2.53. The first-order valence-corrected chi connectivity index (χ1v) is 2.69. The molecular weight excluding hydrogens is 120 g/mol. The standard InChI is InChI=1S/C5H12N2O2/c1-5(2,3-6)4(8)7-9/h9H,3,6H2,1-2H3,(H,7,8). The third kappa shape index (κ3) is 1.99. The quantitative estimate of drug-likeness (QED) is 0.349. The number of amides is 1. The van der Waals surface area contributed by atoms with E-state index in [0.717, 1.165) is 0 Å². The summed E-state index contributed by atoms with van der Waals surface area (Å²) >= 11 is 0. The summed E-state index contributed by atoms with van der Waals surface area (Å²) in [7, 11) is 0. The van der Waals surface area contributed by atoms with Crippen molar-refractivity contribution < 1.29 is 10.0 Å². The Bertz CT molecular complexity index is 112. The molecule has 0 aromatic rings. The molecule has 0 aliphatic carbocycles. The Morgan fingerprint density at radius 1 is 1.78 bits per heavy atom. The van der Waals surface area contributed by atoms with E-state index in [1.54, 1.807) is 13.8 Å². The van der Waals surface area contributed by atoms with Crippen LogP contribution in [-0.4, -0.2) is 17.7 Å². The van der Waals surface area contributed by atoms with Crippen molar-refractivity contribution in [1.29, 1.82) is 0 Å². The molecule has 9 heavy (non-hydrogen) atoms. The van der Waals surface area contributed by atoms with Gasteiger partial charge in [-0.15, -0.1) is 0 Å². The molecule has 0 aromatic carbocycles. The number of carbonyl (C=O) groups is 1. The molecule has 54 valence electrons. The van der Waals surface area contributed by atoms with Crippen LogP contribution in [0.4, 0.5) is 0 Å². The molecule has 4 heteroatoms. The van der Waals surface area contributed by atoms with E-state index in [9.17, 15) is 4.79 Å². The zero-order valence-electron chi connectivity index (χ0n) is 5.64. The van der Waals surface area contributed by atoms with Crippen LogP contribution in [0.15, 0.2) is 0 Å². The molecule has 0 rings (SSSR count). The monoisotopic (exact) mass is 132 g/mol. The molecule has 4 nitrogen and oxygen atoms in total.